The molecule has 0 aromatic rings. The lowest BCUT2D eigenvalue weighted by molar-refractivity contribution is -0.180. The summed E-state index contributed by atoms with van der Waals surface area (Å²) in [6.45, 7) is 8.07. The number of rotatable bonds is 5. The highest BCUT2D eigenvalue weighted by molar-refractivity contribution is 5.02. The molecule has 1 fully saturated rings. The van der Waals surface area contributed by atoms with Gasteiger partial charge in [-0.15, -0.1) is 6.58 Å². The van der Waals surface area contributed by atoms with Crippen molar-refractivity contribution in [2.75, 3.05) is 19.8 Å². The van der Waals surface area contributed by atoms with Gasteiger partial charge >= 0.3 is 0 Å². The first-order chi connectivity index (χ1) is 5.33. The molecule has 0 aromatic carbocycles. The lowest BCUT2D eigenvalue weighted by atomic mass is 10.0. The van der Waals surface area contributed by atoms with Crippen molar-refractivity contribution in [3.05, 3.63) is 12.7 Å². The van der Waals surface area contributed by atoms with E-state index in [0.29, 0.717) is 13.2 Å². The zero-order valence-electron chi connectivity index (χ0n) is 7.14. The van der Waals surface area contributed by atoms with Crippen molar-refractivity contribution in [1.29, 1.82) is 0 Å². The van der Waals surface area contributed by atoms with Gasteiger partial charge in [0.2, 0.25) is 0 Å². The Morgan fingerprint density at radius 3 is 2.73 bits per heavy atom. The molecular formula is C9H16O2. The average Bonchev–Trinajstić information content (AvgIpc) is 1.95. The van der Waals surface area contributed by atoms with Crippen LogP contribution in [0.5, 0.6) is 0 Å². The molecule has 0 bridgehead atoms. The van der Waals surface area contributed by atoms with Crippen molar-refractivity contribution >= 4 is 0 Å². The lowest BCUT2D eigenvalue weighted by Gasteiger charge is -2.38. The van der Waals surface area contributed by atoms with E-state index in [1.807, 2.05) is 6.08 Å². The first-order valence-corrected chi connectivity index (χ1v) is 4.18. The quantitative estimate of drug-likeness (QED) is 0.446. The molecule has 0 amide bonds. The van der Waals surface area contributed by atoms with Gasteiger partial charge in [-0.3, -0.25) is 0 Å². The van der Waals surface area contributed by atoms with Gasteiger partial charge in [-0.25, -0.2) is 0 Å². The smallest absolute Gasteiger partial charge is 0.132 e. The maximum atomic E-state index is 5.61. The molecule has 0 N–H and O–H groups in total. The van der Waals surface area contributed by atoms with Gasteiger partial charge in [0, 0.05) is 6.61 Å². The molecule has 1 heterocycles. The maximum Gasteiger partial charge on any atom is 0.132 e. The van der Waals surface area contributed by atoms with E-state index in [1.165, 1.54) is 6.42 Å². The van der Waals surface area contributed by atoms with Crippen LogP contribution in [0.15, 0.2) is 12.7 Å². The summed E-state index contributed by atoms with van der Waals surface area (Å²) in [6.07, 6.45) is 4.15. The number of hydrogen-bond donors (Lipinski definition) is 0. The van der Waals surface area contributed by atoms with Crippen LogP contribution in [0, 0.1) is 0 Å². The van der Waals surface area contributed by atoms with Gasteiger partial charge < -0.3 is 9.47 Å². The predicted octanol–water partition coefficient (Wildman–Crippen LogP) is 1.76. The molecule has 1 saturated heterocycles. The van der Waals surface area contributed by atoms with Gasteiger partial charge in [-0.05, 0) is 6.42 Å². The molecule has 0 radical (unpaired) electrons. The van der Waals surface area contributed by atoms with Crippen LogP contribution in [0.2, 0.25) is 0 Å². The molecular weight excluding hydrogens is 140 g/mol. The molecule has 1 aliphatic rings. The summed E-state index contributed by atoms with van der Waals surface area (Å²) in [5, 5.41) is 0. The summed E-state index contributed by atoms with van der Waals surface area (Å²) in [4.78, 5) is 0. The van der Waals surface area contributed by atoms with Gasteiger partial charge in [-0.1, -0.05) is 19.4 Å². The Kier molecular flexibility index (Phi) is 3.09. The van der Waals surface area contributed by atoms with E-state index >= 15 is 0 Å². The third-order valence-electron chi connectivity index (χ3n) is 1.95. The zero-order valence-corrected chi connectivity index (χ0v) is 7.14. The molecule has 11 heavy (non-hydrogen) atoms. The van der Waals surface area contributed by atoms with Crippen LogP contribution in [-0.2, 0) is 9.47 Å². The Morgan fingerprint density at radius 1 is 1.64 bits per heavy atom. The maximum absolute atomic E-state index is 5.61. The molecule has 2 heteroatoms. The fourth-order valence-corrected chi connectivity index (χ4v) is 0.983. The molecule has 2 nitrogen and oxygen atoms in total. The Bertz CT molecular complexity index is 128. The average molecular weight is 156 g/mol. The van der Waals surface area contributed by atoms with Crippen LogP contribution >= 0.6 is 0 Å². The van der Waals surface area contributed by atoms with Crippen LogP contribution in [0.4, 0.5) is 0 Å². The summed E-state index contributed by atoms with van der Waals surface area (Å²) >= 11 is 0. The first kappa shape index (κ1) is 8.75. The van der Waals surface area contributed by atoms with Gasteiger partial charge in [0.25, 0.3) is 0 Å². The monoisotopic (exact) mass is 156 g/mol. The Morgan fingerprint density at radius 2 is 2.36 bits per heavy atom. The predicted molar refractivity (Wildman–Crippen MR) is 44.6 cm³/mol. The van der Waals surface area contributed by atoms with Crippen LogP contribution in [0.25, 0.3) is 0 Å². The number of hydrogen-bond acceptors (Lipinski definition) is 2. The fraction of sp³-hybridized carbons (Fsp3) is 0.778. The second kappa shape index (κ2) is 3.88. The topological polar surface area (TPSA) is 18.5 Å². The second-order valence-corrected chi connectivity index (χ2v) is 2.96. The van der Waals surface area contributed by atoms with Crippen LogP contribution in [0.1, 0.15) is 19.8 Å². The molecule has 0 aromatic heterocycles. The molecule has 0 saturated carbocycles. The molecule has 0 atom stereocenters. The van der Waals surface area contributed by atoms with Crippen molar-refractivity contribution in [1.82, 2.24) is 0 Å². The second-order valence-electron chi connectivity index (χ2n) is 2.96. The molecule has 0 unspecified atom stereocenters. The SMILES string of the molecule is C=CC1(OCCCC)COC1. The fourth-order valence-electron chi connectivity index (χ4n) is 0.983. The number of ether oxygens (including phenoxy) is 2. The van der Waals surface area contributed by atoms with Crippen molar-refractivity contribution in [3.63, 3.8) is 0 Å². The summed E-state index contributed by atoms with van der Waals surface area (Å²) < 4.78 is 10.7. The van der Waals surface area contributed by atoms with E-state index in [-0.39, 0.29) is 5.60 Å². The van der Waals surface area contributed by atoms with Crippen molar-refractivity contribution in [2.24, 2.45) is 0 Å². The third-order valence-corrected chi connectivity index (χ3v) is 1.95. The highest BCUT2D eigenvalue weighted by Crippen LogP contribution is 2.22. The Labute approximate surface area is 68.2 Å². The summed E-state index contributed by atoms with van der Waals surface area (Å²) in [5.74, 6) is 0. The van der Waals surface area contributed by atoms with E-state index in [0.717, 1.165) is 13.0 Å². The van der Waals surface area contributed by atoms with E-state index in [9.17, 15) is 0 Å². The molecule has 64 valence electrons. The summed E-state index contributed by atoms with van der Waals surface area (Å²) in [5.41, 5.74) is -0.144. The van der Waals surface area contributed by atoms with Gasteiger partial charge in [0.05, 0.1) is 13.2 Å². The highest BCUT2D eigenvalue weighted by Gasteiger charge is 2.36. The first-order valence-electron chi connectivity index (χ1n) is 4.18. The van der Waals surface area contributed by atoms with Crippen molar-refractivity contribution in [2.45, 2.75) is 25.4 Å². The highest BCUT2D eigenvalue weighted by atomic mass is 16.6. The minimum Gasteiger partial charge on any atom is -0.375 e. The van der Waals surface area contributed by atoms with Gasteiger partial charge in [-0.2, -0.15) is 0 Å². The minimum absolute atomic E-state index is 0.144. The van der Waals surface area contributed by atoms with Gasteiger partial charge in [0.15, 0.2) is 0 Å². The summed E-state index contributed by atoms with van der Waals surface area (Å²) in [6, 6.07) is 0. The Balaban J connectivity index is 2.16. The largest absolute Gasteiger partial charge is 0.375 e. The molecule has 1 rings (SSSR count). The molecule has 1 aliphatic heterocycles. The summed E-state index contributed by atoms with van der Waals surface area (Å²) in [7, 11) is 0. The lowest BCUT2D eigenvalue weighted by Crippen LogP contribution is -2.50. The van der Waals surface area contributed by atoms with Crippen LogP contribution in [0.3, 0.4) is 0 Å². The van der Waals surface area contributed by atoms with Crippen molar-refractivity contribution in [3.8, 4) is 0 Å². The van der Waals surface area contributed by atoms with Crippen LogP contribution in [-0.4, -0.2) is 25.4 Å². The van der Waals surface area contributed by atoms with Crippen LogP contribution < -0.4 is 0 Å². The van der Waals surface area contributed by atoms with Crippen molar-refractivity contribution < 1.29 is 9.47 Å². The molecule has 0 spiro atoms. The van der Waals surface area contributed by atoms with E-state index in [4.69, 9.17) is 9.47 Å². The van der Waals surface area contributed by atoms with E-state index in [2.05, 4.69) is 13.5 Å². The van der Waals surface area contributed by atoms with E-state index < -0.39 is 0 Å². The number of unbranched alkanes of at least 4 members (excludes halogenated alkanes) is 1. The van der Waals surface area contributed by atoms with E-state index in [1.54, 1.807) is 0 Å². The molecule has 0 aliphatic carbocycles. The minimum atomic E-state index is -0.144. The van der Waals surface area contributed by atoms with Gasteiger partial charge in [0.1, 0.15) is 5.60 Å². The zero-order chi connectivity index (χ0) is 8.16. The third kappa shape index (κ3) is 2.04. The normalized spacial score (nSPS) is 20.8. The standard InChI is InChI=1S/C9H16O2/c1-3-5-6-11-9(4-2)7-10-8-9/h4H,2-3,5-8H2,1H3. The Hall–Kier alpha value is -0.340.